The minimum absolute atomic E-state index is 0.0956. The van der Waals surface area contributed by atoms with Gasteiger partial charge < -0.3 is 13.9 Å². The minimum atomic E-state index is 0.0956. The van der Waals surface area contributed by atoms with Gasteiger partial charge in [-0.1, -0.05) is 48.5 Å². The summed E-state index contributed by atoms with van der Waals surface area (Å²) >= 11 is 0. The molecule has 5 rings (SSSR count). The van der Waals surface area contributed by atoms with E-state index in [4.69, 9.17) is 4.42 Å². The van der Waals surface area contributed by atoms with Crippen molar-refractivity contribution in [1.29, 1.82) is 0 Å². The predicted octanol–water partition coefficient (Wildman–Crippen LogP) is 4.76. The standard InChI is InChI=1S/C26H26N4O2/c1-18-22(16-23(29(18)2)20-9-5-3-6-10-20)26(31)30-14-13-19(17-30)15-24-27-28-25(32-24)21-11-7-4-8-12-21/h3-12,16,19H,13-15,17H2,1-2H3. The van der Waals surface area contributed by atoms with Gasteiger partial charge in [-0.25, -0.2) is 0 Å². The van der Waals surface area contributed by atoms with E-state index in [1.165, 1.54) is 0 Å². The van der Waals surface area contributed by atoms with Crippen LogP contribution < -0.4 is 0 Å². The van der Waals surface area contributed by atoms with Crippen molar-refractivity contribution in [3.63, 3.8) is 0 Å². The van der Waals surface area contributed by atoms with E-state index in [0.717, 1.165) is 41.0 Å². The Morgan fingerprint density at radius 3 is 2.44 bits per heavy atom. The average molecular weight is 427 g/mol. The van der Waals surface area contributed by atoms with Gasteiger partial charge in [0.1, 0.15) is 0 Å². The van der Waals surface area contributed by atoms with E-state index in [2.05, 4.69) is 26.9 Å². The molecule has 3 heterocycles. The molecule has 0 spiro atoms. The Bertz CT molecular complexity index is 1230. The first-order chi connectivity index (χ1) is 15.6. The Hall–Kier alpha value is -3.67. The maximum atomic E-state index is 13.3. The molecule has 1 fully saturated rings. The predicted molar refractivity (Wildman–Crippen MR) is 123 cm³/mol. The first-order valence-corrected chi connectivity index (χ1v) is 11.0. The zero-order valence-corrected chi connectivity index (χ0v) is 18.4. The van der Waals surface area contributed by atoms with Crippen LogP contribution in [0.3, 0.4) is 0 Å². The van der Waals surface area contributed by atoms with Crippen LogP contribution in [0.4, 0.5) is 0 Å². The van der Waals surface area contributed by atoms with Gasteiger partial charge in [-0.3, -0.25) is 4.79 Å². The smallest absolute Gasteiger partial charge is 0.255 e. The first-order valence-electron chi connectivity index (χ1n) is 11.0. The fourth-order valence-corrected chi connectivity index (χ4v) is 4.44. The Labute approximate surface area is 187 Å². The third kappa shape index (κ3) is 3.84. The molecule has 1 aliphatic rings. The lowest BCUT2D eigenvalue weighted by atomic mass is 10.1. The molecule has 6 nitrogen and oxygen atoms in total. The molecule has 1 amide bonds. The molecule has 1 atom stereocenters. The molecule has 1 saturated heterocycles. The van der Waals surface area contributed by atoms with Crippen molar-refractivity contribution in [2.45, 2.75) is 19.8 Å². The number of benzene rings is 2. The van der Waals surface area contributed by atoms with E-state index in [0.29, 0.717) is 30.7 Å². The van der Waals surface area contributed by atoms with E-state index < -0.39 is 0 Å². The number of nitrogens with zero attached hydrogens (tertiary/aromatic N) is 4. The van der Waals surface area contributed by atoms with Crippen LogP contribution in [0.1, 0.15) is 28.4 Å². The van der Waals surface area contributed by atoms with E-state index in [9.17, 15) is 4.79 Å². The zero-order chi connectivity index (χ0) is 22.1. The number of carbonyl (C=O) groups is 1. The van der Waals surface area contributed by atoms with Crippen LogP contribution >= 0.6 is 0 Å². The molecule has 0 N–H and O–H groups in total. The lowest BCUT2D eigenvalue weighted by Crippen LogP contribution is -2.29. The number of likely N-dealkylation sites (tertiary alicyclic amines) is 1. The van der Waals surface area contributed by atoms with E-state index in [-0.39, 0.29) is 5.91 Å². The highest BCUT2D eigenvalue weighted by atomic mass is 16.4. The lowest BCUT2D eigenvalue weighted by molar-refractivity contribution is 0.0786. The van der Waals surface area contributed by atoms with E-state index in [1.807, 2.05) is 73.5 Å². The van der Waals surface area contributed by atoms with Gasteiger partial charge in [0.2, 0.25) is 11.8 Å². The van der Waals surface area contributed by atoms with E-state index >= 15 is 0 Å². The molecule has 0 bridgehead atoms. The summed E-state index contributed by atoms with van der Waals surface area (Å²) in [6.45, 7) is 3.46. The van der Waals surface area contributed by atoms with Crippen LogP contribution in [0, 0.1) is 12.8 Å². The number of amides is 1. The van der Waals surface area contributed by atoms with Crippen molar-refractivity contribution >= 4 is 5.91 Å². The first kappa shape index (κ1) is 20.2. The van der Waals surface area contributed by atoms with Crippen molar-refractivity contribution in [2.24, 2.45) is 13.0 Å². The molecular formula is C26H26N4O2. The quantitative estimate of drug-likeness (QED) is 0.462. The van der Waals surface area contributed by atoms with Gasteiger partial charge in [-0.05, 0) is 43.0 Å². The largest absolute Gasteiger partial charge is 0.421 e. The summed E-state index contributed by atoms with van der Waals surface area (Å²) in [7, 11) is 2.02. The third-order valence-electron chi connectivity index (χ3n) is 6.36. The van der Waals surface area contributed by atoms with Gasteiger partial charge in [0, 0.05) is 43.5 Å². The highest BCUT2D eigenvalue weighted by Gasteiger charge is 2.30. The van der Waals surface area contributed by atoms with Crippen LogP contribution in [0.2, 0.25) is 0 Å². The third-order valence-corrected chi connectivity index (χ3v) is 6.36. The van der Waals surface area contributed by atoms with Crippen LogP contribution in [0.15, 0.2) is 71.1 Å². The Kier molecular flexibility index (Phi) is 5.35. The molecular weight excluding hydrogens is 400 g/mol. The second-order valence-electron chi connectivity index (χ2n) is 8.43. The lowest BCUT2D eigenvalue weighted by Gasteiger charge is -2.16. The Balaban J connectivity index is 1.27. The molecule has 0 saturated carbocycles. The van der Waals surface area contributed by atoms with E-state index in [1.54, 1.807) is 0 Å². The summed E-state index contributed by atoms with van der Waals surface area (Å²) in [5, 5.41) is 8.41. The van der Waals surface area contributed by atoms with Crippen LogP contribution in [0.5, 0.6) is 0 Å². The van der Waals surface area contributed by atoms with Crippen LogP contribution in [0.25, 0.3) is 22.7 Å². The maximum absolute atomic E-state index is 13.3. The number of carbonyl (C=O) groups excluding carboxylic acids is 1. The van der Waals surface area contributed by atoms with Crippen LogP contribution in [-0.4, -0.2) is 38.7 Å². The summed E-state index contributed by atoms with van der Waals surface area (Å²) < 4.78 is 7.97. The monoisotopic (exact) mass is 426 g/mol. The number of rotatable bonds is 5. The second-order valence-corrected chi connectivity index (χ2v) is 8.43. The second kappa shape index (κ2) is 8.46. The molecule has 32 heavy (non-hydrogen) atoms. The van der Waals surface area contributed by atoms with Gasteiger partial charge in [-0.2, -0.15) is 0 Å². The van der Waals surface area contributed by atoms with Crippen molar-refractivity contribution in [2.75, 3.05) is 13.1 Å². The Morgan fingerprint density at radius 2 is 1.72 bits per heavy atom. The number of hydrogen-bond acceptors (Lipinski definition) is 4. The SMILES string of the molecule is Cc1c(C(=O)N2CCC(Cc3nnc(-c4ccccc4)o3)C2)cc(-c2ccccc2)n1C. The summed E-state index contributed by atoms with van der Waals surface area (Å²) in [6.07, 6.45) is 1.62. The average Bonchev–Trinajstić information content (AvgIpc) is 3.56. The fourth-order valence-electron chi connectivity index (χ4n) is 4.44. The molecule has 2 aromatic heterocycles. The summed E-state index contributed by atoms with van der Waals surface area (Å²) in [6, 6.07) is 22.0. The van der Waals surface area contributed by atoms with Gasteiger partial charge in [0.15, 0.2) is 0 Å². The summed E-state index contributed by atoms with van der Waals surface area (Å²) in [4.78, 5) is 15.3. The van der Waals surface area contributed by atoms with Crippen molar-refractivity contribution < 1.29 is 9.21 Å². The number of hydrogen-bond donors (Lipinski definition) is 0. The van der Waals surface area contributed by atoms with Gasteiger partial charge >= 0.3 is 0 Å². The zero-order valence-electron chi connectivity index (χ0n) is 18.4. The highest BCUT2D eigenvalue weighted by molar-refractivity contribution is 5.97. The number of aromatic nitrogens is 3. The Morgan fingerprint density at radius 1 is 1.03 bits per heavy atom. The molecule has 6 heteroatoms. The fraction of sp³-hybridized carbons (Fsp3) is 0.269. The molecule has 2 aromatic carbocycles. The van der Waals surface area contributed by atoms with Gasteiger partial charge in [0.05, 0.1) is 5.56 Å². The highest BCUT2D eigenvalue weighted by Crippen LogP contribution is 2.28. The summed E-state index contributed by atoms with van der Waals surface area (Å²) in [5.41, 5.74) is 4.85. The molecule has 1 aliphatic heterocycles. The van der Waals surface area contributed by atoms with Crippen molar-refractivity contribution in [3.8, 4) is 22.7 Å². The van der Waals surface area contributed by atoms with Gasteiger partial charge in [-0.15, -0.1) is 10.2 Å². The normalized spacial score (nSPS) is 15.9. The molecule has 1 unspecified atom stereocenters. The molecule has 162 valence electrons. The van der Waals surface area contributed by atoms with Gasteiger partial charge in [0.25, 0.3) is 5.91 Å². The topological polar surface area (TPSA) is 64.2 Å². The van der Waals surface area contributed by atoms with Crippen molar-refractivity contribution in [3.05, 3.63) is 83.9 Å². The van der Waals surface area contributed by atoms with Crippen molar-refractivity contribution in [1.82, 2.24) is 19.7 Å². The summed E-state index contributed by atoms with van der Waals surface area (Å²) in [5.74, 6) is 1.59. The maximum Gasteiger partial charge on any atom is 0.255 e. The molecule has 0 radical (unpaired) electrons. The van der Waals surface area contributed by atoms with Crippen LogP contribution in [-0.2, 0) is 13.5 Å². The molecule has 4 aromatic rings. The molecule has 0 aliphatic carbocycles. The minimum Gasteiger partial charge on any atom is -0.421 e.